The summed E-state index contributed by atoms with van der Waals surface area (Å²) in [6.45, 7) is 0. The molecule has 0 bridgehead atoms. The summed E-state index contributed by atoms with van der Waals surface area (Å²) in [6.07, 6.45) is 0. The Morgan fingerprint density at radius 3 is 1.00 bits per heavy atom. The van der Waals surface area contributed by atoms with Gasteiger partial charge in [0.05, 0.1) is 0 Å². The molecule has 0 unspecified atom stereocenters. The minimum atomic E-state index is 0. The summed E-state index contributed by atoms with van der Waals surface area (Å²) in [4.78, 5) is 0. The first-order chi connectivity index (χ1) is 0. The monoisotopic (exact) mass is 254 g/mol. The minimum Gasteiger partial charge on any atom is -0.197 e. The van der Waals surface area contributed by atoms with Crippen molar-refractivity contribution in [2.75, 3.05) is 0 Å². The third kappa shape index (κ3) is 8.96. The number of rotatable bonds is 0. The zero-order chi connectivity index (χ0) is 0. The van der Waals surface area contributed by atoms with Crippen LogP contribution in [0.5, 0.6) is 0 Å². The fraction of sp³-hybridized carbons (Fsp3) is 0. The van der Waals surface area contributed by atoms with E-state index in [1.807, 2.05) is 0 Å². The summed E-state index contributed by atoms with van der Waals surface area (Å²) in [5.41, 5.74) is 0. The molecule has 0 atom stereocenters. The molecule has 0 aromatic rings. The molecule has 4 heavy (non-hydrogen) atoms. The van der Waals surface area contributed by atoms with Crippen LogP contribution < -0.4 is 0 Å². The van der Waals surface area contributed by atoms with E-state index < -0.39 is 0 Å². The van der Waals surface area contributed by atoms with E-state index in [1.54, 1.807) is 0 Å². The van der Waals surface area contributed by atoms with Gasteiger partial charge in [-0.15, -0.1) is 0 Å². The first kappa shape index (κ1) is 36.5. The van der Waals surface area contributed by atoms with Gasteiger partial charge in [0.1, 0.15) is 0 Å². The van der Waals surface area contributed by atoms with Crippen LogP contribution in [-0.4, -0.2) is 0 Å². The first-order valence-corrected chi connectivity index (χ1v) is 0. The zero-order valence-corrected chi connectivity index (χ0v) is 6.53. The SMILES string of the molecule is S.[Co].[Cu].[Mo]. The van der Waals surface area contributed by atoms with Gasteiger partial charge in [0, 0.05) is 54.9 Å². The van der Waals surface area contributed by atoms with Crippen LogP contribution in [-0.2, 0) is 54.9 Å². The second kappa shape index (κ2) is 19.6. The summed E-state index contributed by atoms with van der Waals surface area (Å²) in [5, 5.41) is 0. The van der Waals surface area contributed by atoms with E-state index in [4.69, 9.17) is 0 Å². The second-order valence-corrected chi connectivity index (χ2v) is 0. The molecule has 0 fully saturated rings. The van der Waals surface area contributed by atoms with Crippen LogP contribution in [0, 0.1) is 0 Å². The maximum absolute atomic E-state index is 0. The van der Waals surface area contributed by atoms with Crippen molar-refractivity contribution in [3.05, 3.63) is 0 Å². The molecule has 0 spiro atoms. The molecule has 0 saturated heterocycles. The van der Waals surface area contributed by atoms with E-state index in [2.05, 4.69) is 0 Å². The molecule has 34 valence electrons. The molecule has 4 heteroatoms. The van der Waals surface area contributed by atoms with E-state index in [-0.39, 0.29) is 68.4 Å². The van der Waals surface area contributed by atoms with Crippen LogP contribution in [0.4, 0.5) is 0 Å². The van der Waals surface area contributed by atoms with Crippen LogP contribution in [0.3, 0.4) is 0 Å². The summed E-state index contributed by atoms with van der Waals surface area (Å²) < 4.78 is 0. The van der Waals surface area contributed by atoms with Crippen molar-refractivity contribution < 1.29 is 54.9 Å². The molecule has 0 aliphatic carbocycles. The largest absolute Gasteiger partial charge is 0.197 e. The van der Waals surface area contributed by atoms with Gasteiger partial charge in [-0.2, -0.15) is 13.5 Å². The van der Waals surface area contributed by atoms with Gasteiger partial charge in [-0.1, -0.05) is 0 Å². The normalized spacial score (nSPS) is 0. The number of hydrogen-bond donors (Lipinski definition) is 0. The first-order valence-electron chi connectivity index (χ1n) is 0. The van der Waals surface area contributed by atoms with Gasteiger partial charge in [0.15, 0.2) is 0 Å². The maximum Gasteiger partial charge on any atom is 0 e. The molecule has 0 heterocycles. The van der Waals surface area contributed by atoms with E-state index in [0.29, 0.717) is 0 Å². The van der Waals surface area contributed by atoms with Crippen LogP contribution in [0.1, 0.15) is 0 Å². The molecule has 0 nitrogen and oxygen atoms in total. The fourth-order valence-electron chi connectivity index (χ4n) is 0. The van der Waals surface area contributed by atoms with Crippen molar-refractivity contribution in [1.29, 1.82) is 0 Å². The predicted octanol–water partition coefficient (Wildman–Crippen LogP) is 0.105. The van der Waals surface area contributed by atoms with Crippen LogP contribution in [0.25, 0.3) is 0 Å². The molecule has 0 rings (SSSR count). The standard InChI is InChI=1S/Co.Cu.Mo.H2S/h;;;1H2. The smallest absolute Gasteiger partial charge is 0 e. The van der Waals surface area contributed by atoms with Gasteiger partial charge >= 0.3 is 0 Å². The van der Waals surface area contributed by atoms with Crippen molar-refractivity contribution >= 4 is 13.5 Å². The van der Waals surface area contributed by atoms with Crippen molar-refractivity contribution in [3.8, 4) is 0 Å². The summed E-state index contributed by atoms with van der Waals surface area (Å²) >= 11 is 0. The molecule has 0 saturated carbocycles. The van der Waals surface area contributed by atoms with Gasteiger partial charge < -0.3 is 0 Å². The Morgan fingerprint density at radius 2 is 1.00 bits per heavy atom. The molecule has 0 aromatic heterocycles. The third-order valence-electron chi connectivity index (χ3n) is 0. The Hall–Kier alpha value is 2.06. The molecule has 0 aliphatic heterocycles. The maximum atomic E-state index is 0. The second-order valence-electron chi connectivity index (χ2n) is 0. The molecular formula is H2CoCuMoS. The molecule has 0 amide bonds. The van der Waals surface area contributed by atoms with Crippen molar-refractivity contribution in [2.45, 2.75) is 0 Å². The zero-order valence-electron chi connectivity index (χ0n) is 1.54. The van der Waals surface area contributed by atoms with Gasteiger partial charge in [0.25, 0.3) is 0 Å². The van der Waals surface area contributed by atoms with E-state index in [0.717, 1.165) is 0 Å². The van der Waals surface area contributed by atoms with E-state index >= 15 is 0 Å². The van der Waals surface area contributed by atoms with Crippen molar-refractivity contribution in [3.63, 3.8) is 0 Å². The van der Waals surface area contributed by atoms with E-state index in [9.17, 15) is 0 Å². The fourth-order valence-corrected chi connectivity index (χ4v) is 0. The average Bonchev–Trinajstić information content (AvgIpc) is 0. The van der Waals surface area contributed by atoms with Crippen molar-refractivity contribution in [2.24, 2.45) is 0 Å². The van der Waals surface area contributed by atoms with Gasteiger partial charge in [0.2, 0.25) is 0 Å². The topological polar surface area (TPSA) is 0 Å². The van der Waals surface area contributed by atoms with Gasteiger partial charge in [-0.3, -0.25) is 0 Å². The van der Waals surface area contributed by atoms with Crippen molar-refractivity contribution in [1.82, 2.24) is 0 Å². The summed E-state index contributed by atoms with van der Waals surface area (Å²) in [5.74, 6) is 0. The average molecular weight is 253 g/mol. The third-order valence-corrected chi connectivity index (χ3v) is 0. The van der Waals surface area contributed by atoms with Crippen LogP contribution in [0.2, 0.25) is 0 Å². The summed E-state index contributed by atoms with van der Waals surface area (Å²) in [7, 11) is 0. The Balaban J connectivity index is 0. The quantitative estimate of drug-likeness (QED) is 0.537. The Bertz CT molecular complexity index is 8.00. The molecule has 0 aliphatic rings. The Labute approximate surface area is 67.9 Å². The van der Waals surface area contributed by atoms with Gasteiger partial charge in [-0.05, 0) is 0 Å². The minimum absolute atomic E-state index is 0. The predicted molar refractivity (Wildman–Crippen MR) is 10.4 cm³/mol. The van der Waals surface area contributed by atoms with Gasteiger partial charge in [-0.25, -0.2) is 0 Å². The number of hydrogen-bond acceptors (Lipinski definition) is 0. The molecule has 0 N–H and O–H groups in total. The summed E-state index contributed by atoms with van der Waals surface area (Å²) in [6, 6.07) is 0. The molecular weight excluding hydrogens is 250 g/mol. The Kier molecular flexibility index (Phi) is 179. The van der Waals surface area contributed by atoms with Crippen LogP contribution >= 0.6 is 13.5 Å². The molecule has 2 radical (unpaired) electrons. The van der Waals surface area contributed by atoms with Crippen LogP contribution in [0.15, 0.2) is 0 Å². The Morgan fingerprint density at radius 1 is 1.00 bits per heavy atom. The van der Waals surface area contributed by atoms with E-state index in [1.165, 1.54) is 0 Å². The molecule has 0 aromatic carbocycles.